The number of benzene rings is 2. The molecule has 0 saturated carbocycles. The Kier molecular flexibility index (Phi) is 6.96. The van der Waals surface area contributed by atoms with Crippen molar-refractivity contribution >= 4 is 5.97 Å². The molecular formula is C22H26O3. The van der Waals surface area contributed by atoms with E-state index < -0.39 is 0 Å². The molecule has 0 atom stereocenters. The minimum Gasteiger partial charge on any atom is -0.462 e. The number of ether oxygens (including phenoxy) is 1. The molecular weight excluding hydrogens is 312 g/mol. The second-order valence-electron chi connectivity index (χ2n) is 6.25. The van der Waals surface area contributed by atoms with Crippen molar-refractivity contribution in [3.63, 3.8) is 0 Å². The summed E-state index contributed by atoms with van der Waals surface area (Å²) >= 11 is 0. The Morgan fingerprint density at radius 3 is 2.32 bits per heavy atom. The molecule has 25 heavy (non-hydrogen) atoms. The van der Waals surface area contributed by atoms with Gasteiger partial charge in [-0.3, -0.25) is 0 Å². The summed E-state index contributed by atoms with van der Waals surface area (Å²) < 4.78 is 5.25. The zero-order valence-corrected chi connectivity index (χ0v) is 15.0. The number of carbonyl (C=O) groups excluding carboxylic acids is 1. The number of aliphatic hydroxyl groups is 1. The molecule has 0 aliphatic heterocycles. The number of aryl methyl sites for hydroxylation is 1. The first-order chi connectivity index (χ1) is 12.0. The topological polar surface area (TPSA) is 46.5 Å². The van der Waals surface area contributed by atoms with Crippen LogP contribution in [0, 0.1) is 0 Å². The van der Waals surface area contributed by atoms with Crippen LogP contribution in [-0.4, -0.2) is 17.7 Å². The van der Waals surface area contributed by atoms with Crippen LogP contribution in [0.3, 0.4) is 0 Å². The Labute approximate surface area is 150 Å². The quantitative estimate of drug-likeness (QED) is 0.571. The van der Waals surface area contributed by atoms with Crippen molar-refractivity contribution in [2.24, 2.45) is 0 Å². The summed E-state index contributed by atoms with van der Waals surface area (Å²) in [4.78, 5) is 11.6. The van der Waals surface area contributed by atoms with Crippen LogP contribution in [-0.2, 0) is 29.0 Å². The standard InChI is InChI=1S/C22H26O3/c1-4-5-18-10-11-20(19-8-6-17(15-23)7-9-19)14-21(18)12-13-25-22(24)16(2)3/h6-11,14,23H,2,4-5,12-13,15H2,1,3H3. The first kappa shape index (κ1) is 18.9. The Balaban J connectivity index is 2.19. The lowest BCUT2D eigenvalue weighted by molar-refractivity contribution is -0.138. The van der Waals surface area contributed by atoms with Crippen molar-refractivity contribution < 1.29 is 14.6 Å². The number of carbonyl (C=O) groups is 1. The fourth-order valence-corrected chi connectivity index (χ4v) is 2.73. The average Bonchev–Trinajstić information content (AvgIpc) is 2.63. The van der Waals surface area contributed by atoms with Gasteiger partial charge in [0.15, 0.2) is 0 Å². The van der Waals surface area contributed by atoms with Crippen molar-refractivity contribution in [2.45, 2.75) is 39.7 Å². The van der Waals surface area contributed by atoms with Gasteiger partial charge < -0.3 is 9.84 Å². The summed E-state index contributed by atoms with van der Waals surface area (Å²) in [5.74, 6) is -0.340. The second kappa shape index (κ2) is 9.19. The first-order valence-electron chi connectivity index (χ1n) is 8.69. The lowest BCUT2D eigenvalue weighted by Gasteiger charge is -2.12. The molecule has 0 heterocycles. The molecule has 0 aromatic heterocycles. The fourth-order valence-electron chi connectivity index (χ4n) is 2.73. The maximum Gasteiger partial charge on any atom is 0.333 e. The lowest BCUT2D eigenvalue weighted by atomic mass is 9.95. The zero-order valence-electron chi connectivity index (χ0n) is 15.0. The highest BCUT2D eigenvalue weighted by Crippen LogP contribution is 2.24. The van der Waals surface area contributed by atoms with Crippen LogP contribution < -0.4 is 0 Å². The van der Waals surface area contributed by atoms with Gasteiger partial charge in [0, 0.05) is 12.0 Å². The van der Waals surface area contributed by atoms with E-state index in [-0.39, 0.29) is 12.6 Å². The minimum atomic E-state index is -0.340. The van der Waals surface area contributed by atoms with Gasteiger partial charge in [0.05, 0.1) is 13.2 Å². The van der Waals surface area contributed by atoms with Crippen LogP contribution in [0.2, 0.25) is 0 Å². The van der Waals surface area contributed by atoms with Crippen LogP contribution >= 0.6 is 0 Å². The van der Waals surface area contributed by atoms with Crippen LogP contribution in [0.4, 0.5) is 0 Å². The molecule has 0 radical (unpaired) electrons. The van der Waals surface area contributed by atoms with E-state index in [1.165, 1.54) is 11.1 Å². The molecule has 0 fully saturated rings. The monoisotopic (exact) mass is 338 g/mol. The smallest absolute Gasteiger partial charge is 0.333 e. The van der Waals surface area contributed by atoms with E-state index in [0.717, 1.165) is 29.5 Å². The molecule has 0 aliphatic rings. The highest BCUT2D eigenvalue weighted by atomic mass is 16.5. The van der Waals surface area contributed by atoms with Gasteiger partial charge in [0.2, 0.25) is 0 Å². The summed E-state index contributed by atoms with van der Waals surface area (Å²) in [7, 11) is 0. The zero-order chi connectivity index (χ0) is 18.2. The third-order valence-electron chi connectivity index (χ3n) is 4.15. The average molecular weight is 338 g/mol. The highest BCUT2D eigenvalue weighted by molar-refractivity contribution is 5.86. The number of esters is 1. The molecule has 2 aromatic rings. The van der Waals surface area contributed by atoms with Crippen molar-refractivity contribution in [3.8, 4) is 11.1 Å². The SMILES string of the molecule is C=C(C)C(=O)OCCc1cc(-c2ccc(CO)cc2)ccc1CCC. The summed E-state index contributed by atoms with van der Waals surface area (Å²) in [5, 5.41) is 9.17. The lowest BCUT2D eigenvalue weighted by Crippen LogP contribution is -2.09. The number of hydrogen-bond donors (Lipinski definition) is 1. The van der Waals surface area contributed by atoms with E-state index in [1.54, 1.807) is 6.92 Å². The van der Waals surface area contributed by atoms with Crippen molar-refractivity contribution in [1.29, 1.82) is 0 Å². The van der Waals surface area contributed by atoms with Crippen molar-refractivity contribution in [1.82, 2.24) is 0 Å². The van der Waals surface area contributed by atoms with Crippen molar-refractivity contribution in [2.75, 3.05) is 6.61 Å². The van der Waals surface area contributed by atoms with Gasteiger partial charge in [0.25, 0.3) is 0 Å². The van der Waals surface area contributed by atoms with Gasteiger partial charge in [-0.2, -0.15) is 0 Å². The molecule has 0 saturated heterocycles. The Morgan fingerprint density at radius 2 is 1.72 bits per heavy atom. The molecule has 1 N–H and O–H groups in total. The Bertz CT molecular complexity index is 729. The highest BCUT2D eigenvalue weighted by Gasteiger charge is 2.08. The van der Waals surface area contributed by atoms with Gasteiger partial charge in [0.1, 0.15) is 0 Å². The molecule has 0 spiro atoms. The normalized spacial score (nSPS) is 10.5. The van der Waals surface area contributed by atoms with E-state index in [4.69, 9.17) is 4.74 Å². The first-order valence-corrected chi connectivity index (χ1v) is 8.69. The molecule has 2 aromatic carbocycles. The molecule has 0 amide bonds. The van der Waals surface area contributed by atoms with Crippen molar-refractivity contribution in [3.05, 3.63) is 71.3 Å². The molecule has 132 valence electrons. The van der Waals surface area contributed by atoms with Crippen LogP contribution in [0.15, 0.2) is 54.6 Å². The summed E-state index contributed by atoms with van der Waals surface area (Å²) in [6.45, 7) is 7.82. The Hall–Kier alpha value is -2.39. The van der Waals surface area contributed by atoms with Gasteiger partial charge in [-0.05, 0) is 41.2 Å². The molecule has 2 rings (SSSR count). The third-order valence-corrected chi connectivity index (χ3v) is 4.15. The van der Waals surface area contributed by atoms with Crippen LogP contribution in [0.5, 0.6) is 0 Å². The van der Waals surface area contributed by atoms with Crippen LogP contribution in [0.25, 0.3) is 11.1 Å². The summed E-state index contributed by atoms with van der Waals surface area (Å²) in [6, 6.07) is 14.4. The third kappa shape index (κ3) is 5.30. The van der Waals surface area contributed by atoms with Gasteiger partial charge in [-0.1, -0.05) is 62.4 Å². The van der Waals surface area contributed by atoms with E-state index in [9.17, 15) is 9.90 Å². The summed E-state index contributed by atoms with van der Waals surface area (Å²) in [6.07, 6.45) is 2.77. The molecule has 0 bridgehead atoms. The van der Waals surface area contributed by atoms with Gasteiger partial charge in [-0.25, -0.2) is 4.79 Å². The largest absolute Gasteiger partial charge is 0.462 e. The predicted octanol–water partition coefficient (Wildman–Crippen LogP) is 4.46. The number of rotatable bonds is 8. The van der Waals surface area contributed by atoms with E-state index in [1.807, 2.05) is 24.3 Å². The summed E-state index contributed by atoms with van der Waals surface area (Å²) in [5.41, 5.74) is 6.07. The molecule has 0 unspecified atom stereocenters. The van der Waals surface area contributed by atoms with E-state index >= 15 is 0 Å². The maximum atomic E-state index is 11.6. The molecule has 0 aliphatic carbocycles. The van der Waals surface area contributed by atoms with Gasteiger partial charge >= 0.3 is 5.97 Å². The number of hydrogen-bond acceptors (Lipinski definition) is 3. The fraction of sp³-hybridized carbons (Fsp3) is 0.318. The maximum absolute atomic E-state index is 11.6. The molecule has 3 heteroatoms. The molecule has 3 nitrogen and oxygen atoms in total. The second-order valence-corrected chi connectivity index (χ2v) is 6.25. The van der Waals surface area contributed by atoms with Crippen LogP contribution in [0.1, 0.15) is 37.0 Å². The predicted molar refractivity (Wildman–Crippen MR) is 101 cm³/mol. The number of aliphatic hydroxyl groups excluding tert-OH is 1. The Morgan fingerprint density at radius 1 is 1.04 bits per heavy atom. The van der Waals surface area contributed by atoms with E-state index in [2.05, 4.69) is 31.7 Å². The van der Waals surface area contributed by atoms with E-state index in [0.29, 0.717) is 18.6 Å². The minimum absolute atomic E-state index is 0.0507. The van der Waals surface area contributed by atoms with Gasteiger partial charge in [-0.15, -0.1) is 0 Å².